The van der Waals surface area contributed by atoms with Crippen LogP contribution in [0.1, 0.15) is 34.1 Å². The Morgan fingerprint density at radius 1 is 1.41 bits per heavy atom. The van der Waals surface area contributed by atoms with Crippen molar-refractivity contribution in [3.05, 3.63) is 0 Å². The number of ether oxygens (including phenoxy) is 1. The van der Waals surface area contributed by atoms with Gasteiger partial charge in [-0.3, -0.25) is 14.4 Å². The molecule has 1 heterocycles. The predicted molar refractivity (Wildman–Crippen MR) is 61.2 cm³/mol. The zero-order chi connectivity index (χ0) is 13.2. The Kier molecular flexibility index (Phi) is 3.91. The first-order valence-corrected chi connectivity index (χ1v) is 5.86. The Morgan fingerprint density at radius 3 is 2.47 bits per heavy atom. The van der Waals surface area contributed by atoms with Crippen LogP contribution in [0.3, 0.4) is 0 Å². The van der Waals surface area contributed by atoms with Gasteiger partial charge in [-0.2, -0.15) is 0 Å². The monoisotopic (exact) mass is 241 g/mol. The number of carbonyl (C=O) groups excluding carboxylic acids is 3. The van der Waals surface area contributed by atoms with Gasteiger partial charge in [0.25, 0.3) is 0 Å². The number of hydrogen-bond donors (Lipinski definition) is 0. The molecule has 1 fully saturated rings. The SMILES string of the molecule is CCOC(=O)C1C(=O)CC(C)(C)N(CC)C1=O. The average molecular weight is 241 g/mol. The minimum Gasteiger partial charge on any atom is -0.465 e. The number of esters is 1. The largest absolute Gasteiger partial charge is 0.465 e. The molecule has 0 saturated carbocycles. The summed E-state index contributed by atoms with van der Waals surface area (Å²) < 4.78 is 4.78. The topological polar surface area (TPSA) is 63.7 Å². The molecule has 1 atom stereocenters. The Balaban J connectivity index is 2.98. The molecule has 1 rings (SSSR count). The second-order valence-corrected chi connectivity index (χ2v) is 4.72. The number of carbonyl (C=O) groups is 3. The molecule has 1 aliphatic rings. The Bertz CT molecular complexity index is 348. The van der Waals surface area contributed by atoms with Crippen molar-refractivity contribution < 1.29 is 19.1 Å². The first-order valence-electron chi connectivity index (χ1n) is 5.86. The fourth-order valence-electron chi connectivity index (χ4n) is 2.26. The molecule has 1 amide bonds. The van der Waals surface area contributed by atoms with E-state index < -0.39 is 23.3 Å². The highest BCUT2D eigenvalue weighted by Gasteiger charge is 2.48. The van der Waals surface area contributed by atoms with E-state index in [4.69, 9.17) is 4.74 Å². The molecule has 0 aliphatic carbocycles. The maximum Gasteiger partial charge on any atom is 0.326 e. The van der Waals surface area contributed by atoms with Crippen LogP contribution in [0.4, 0.5) is 0 Å². The quantitative estimate of drug-likeness (QED) is 0.540. The van der Waals surface area contributed by atoms with Gasteiger partial charge in [0, 0.05) is 18.5 Å². The van der Waals surface area contributed by atoms with Crippen LogP contribution in [0, 0.1) is 5.92 Å². The minimum absolute atomic E-state index is 0.172. The molecule has 0 radical (unpaired) electrons. The van der Waals surface area contributed by atoms with Crippen LogP contribution in [0.2, 0.25) is 0 Å². The first-order chi connectivity index (χ1) is 7.85. The second kappa shape index (κ2) is 4.85. The van der Waals surface area contributed by atoms with Gasteiger partial charge in [-0.1, -0.05) is 0 Å². The van der Waals surface area contributed by atoms with Gasteiger partial charge in [-0.05, 0) is 27.7 Å². The van der Waals surface area contributed by atoms with Crippen molar-refractivity contribution in [2.45, 2.75) is 39.7 Å². The van der Waals surface area contributed by atoms with Crippen LogP contribution < -0.4 is 0 Å². The van der Waals surface area contributed by atoms with E-state index in [0.717, 1.165) is 0 Å². The van der Waals surface area contributed by atoms with E-state index in [1.54, 1.807) is 11.8 Å². The molecule has 1 unspecified atom stereocenters. The van der Waals surface area contributed by atoms with E-state index in [1.807, 2.05) is 20.8 Å². The van der Waals surface area contributed by atoms with Crippen molar-refractivity contribution in [2.24, 2.45) is 5.92 Å². The molecular weight excluding hydrogens is 222 g/mol. The highest BCUT2D eigenvalue weighted by molar-refractivity contribution is 6.18. The third kappa shape index (κ3) is 2.48. The highest BCUT2D eigenvalue weighted by Crippen LogP contribution is 2.29. The first kappa shape index (κ1) is 13.7. The van der Waals surface area contributed by atoms with Crippen molar-refractivity contribution >= 4 is 17.7 Å². The van der Waals surface area contributed by atoms with Gasteiger partial charge in [-0.15, -0.1) is 0 Å². The summed E-state index contributed by atoms with van der Waals surface area (Å²) in [6.45, 7) is 7.79. The fraction of sp³-hybridized carbons (Fsp3) is 0.750. The van der Waals surface area contributed by atoms with Crippen molar-refractivity contribution in [2.75, 3.05) is 13.2 Å². The lowest BCUT2D eigenvalue weighted by molar-refractivity contribution is -0.165. The summed E-state index contributed by atoms with van der Waals surface area (Å²) in [6.07, 6.45) is 0.191. The Morgan fingerprint density at radius 2 is 2.00 bits per heavy atom. The number of likely N-dealkylation sites (tertiary alicyclic amines) is 1. The summed E-state index contributed by atoms with van der Waals surface area (Å²) in [6, 6.07) is 0. The molecular formula is C12H19NO4. The molecule has 17 heavy (non-hydrogen) atoms. The van der Waals surface area contributed by atoms with Crippen molar-refractivity contribution in [1.29, 1.82) is 0 Å². The molecule has 5 nitrogen and oxygen atoms in total. The van der Waals surface area contributed by atoms with Crippen LogP contribution in [-0.4, -0.2) is 41.3 Å². The van der Waals surface area contributed by atoms with E-state index in [2.05, 4.69) is 0 Å². The Labute approximate surface area is 101 Å². The second-order valence-electron chi connectivity index (χ2n) is 4.72. The van der Waals surface area contributed by atoms with Gasteiger partial charge in [-0.25, -0.2) is 0 Å². The molecule has 0 N–H and O–H groups in total. The van der Waals surface area contributed by atoms with Crippen LogP contribution >= 0.6 is 0 Å². The van der Waals surface area contributed by atoms with Crippen molar-refractivity contribution in [3.63, 3.8) is 0 Å². The van der Waals surface area contributed by atoms with E-state index in [9.17, 15) is 14.4 Å². The number of piperidine rings is 1. The zero-order valence-electron chi connectivity index (χ0n) is 10.8. The number of nitrogens with zero attached hydrogens (tertiary/aromatic N) is 1. The van der Waals surface area contributed by atoms with Gasteiger partial charge < -0.3 is 9.64 Å². The van der Waals surface area contributed by atoms with Gasteiger partial charge >= 0.3 is 5.97 Å². The van der Waals surface area contributed by atoms with Crippen molar-refractivity contribution in [1.82, 2.24) is 4.90 Å². The maximum atomic E-state index is 12.1. The van der Waals surface area contributed by atoms with E-state index in [1.165, 1.54) is 0 Å². The number of Topliss-reactive ketones (excluding diaryl/α,β-unsaturated/α-hetero) is 1. The fourth-order valence-corrected chi connectivity index (χ4v) is 2.26. The van der Waals surface area contributed by atoms with Crippen LogP contribution in [0.15, 0.2) is 0 Å². The van der Waals surface area contributed by atoms with E-state index in [-0.39, 0.29) is 18.8 Å². The standard InChI is InChI=1S/C12H19NO4/c1-5-13-10(15)9(11(16)17-6-2)8(14)7-12(13,3)4/h9H,5-7H2,1-4H3. The summed E-state index contributed by atoms with van der Waals surface area (Å²) in [5, 5.41) is 0. The normalized spacial score (nSPS) is 23.8. The predicted octanol–water partition coefficient (Wildman–Crippen LogP) is 0.766. The van der Waals surface area contributed by atoms with Gasteiger partial charge in [0.15, 0.2) is 11.7 Å². The molecule has 1 saturated heterocycles. The summed E-state index contributed by atoms with van der Waals surface area (Å²) in [7, 11) is 0. The lowest BCUT2D eigenvalue weighted by Gasteiger charge is -2.43. The van der Waals surface area contributed by atoms with Crippen LogP contribution in [0.25, 0.3) is 0 Å². The zero-order valence-corrected chi connectivity index (χ0v) is 10.8. The summed E-state index contributed by atoms with van der Waals surface area (Å²) in [5.41, 5.74) is -0.522. The van der Waals surface area contributed by atoms with Gasteiger partial charge in [0.05, 0.1) is 6.61 Å². The summed E-state index contributed by atoms with van der Waals surface area (Å²) >= 11 is 0. The van der Waals surface area contributed by atoms with Gasteiger partial charge in [0.2, 0.25) is 5.91 Å². The molecule has 96 valence electrons. The molecule has 0 aromatic carbocycles. The van der Waals surface area contributed by atoms with Crippen LogP contribution in [0.5, 0.6) is 0 Å². The molecule has 0 aromatic rings. The lowest BCUT2D eigenvalue weighted by Crippen LogP contribution is -2.59. The molecule has 0 spiro atoms. The van der Waals surface area contributed by atoms with E-state index >= 15 is 0 Å². The van der Waals surface area contributed by atoms with Gasteiger partial charge in [0.1, 0.15) is 0 Å². The average Bonchev–Trinajstić information content (AvgIpc) is 2.15. The number of rotatable bonds is 3. The summed E-state index contributed by atoms with van der Waals surface area (Å²) in [4.78, 5) is 37.1. The highest BCUT2D eigenvalue weighted by atomic mass is 16.5. The van der Waals surface area contributed by atoms with E-state index in [0.29, 0.717) is 6.54 Å². The number of hydrogen-bond acceptors (Lipinski definition) is 4. The summed E-state index contributed by atoms with van der Waals surface area (Å²) in [5.74, 6) is -2.77. The number of ketones is 1. The lowest BCUT2D eigenvalue weighted by atomic mass is 9.83. The smallest absolute Gasteiger partial charge is 0.326 e. The maximum absolute atomic E-state index is 12.1. The third-order valence-electron chi connectivity index (χ3n) is 3.01. The molecule has 1 aliphatic heterocycles. The molecule has 0 bridgehead atoms. The number of amides is 1. The van der Waals surface area contributed by atoms with Crippen molar-refractivity contribution in [3.8, 4) is 0 Å². The molecule has 5 heteroatoms. The third-order valence-corrected chi connectivity index (χ3v) is 3.01. The molecule has 0 aromatic heterocycles. The Hall–Kier alpha value is -1.39. The van der Waals surface area contributed by atoms with Crippen LogP contribution in [-0.2, 0) is 19.1 Å². The minimum atomic E-state index is -1.26.